The molecule has 1 saturated heterocycles. The first kappa shape index (κ1) is 14.4. The van der Waals surface area contributed by atoms with Crippen molar-refractivity contribution in [2.24, 2.45) is 11.7 Å². The maximum absolute atomic E-state index is 12.0. The zero-order chi connectivity index (χ0) is 14.0. The van der Waals surface area contributed by atoms with Gasteiger partial charge < -0.3 is 10.6 Å². The largest absolute Gasteiger partial charge is 0.341 e. The summed E-state index contributed by atoms with van der Waals surface area (Å²) in [6.45, 7) is 6.35. The third-order valence-corrected chi connectivity index (χ3v) is 4.06. The third kappa shape index (κ3) is 3.28. The smallest absolute Gasteiger partial charge is 0.223 e. The maximum atomic E-state index is 12.0. The van der Waals surface area contributed by atoms with E-state index in [1.165, 1.54) is 0 Å². The van der Waals surface area contributed by atoms with Crippen LogP contribution in [0.1, 0.15) is 25.8 Å². The van der Waals surface area contributed by atoms with Crippen molar-refractivity contribution in [3.8, 4) is 0 Å². The average Bonchev–Trinajstić information content (AvgIpc) is 2.70. The van der Waals surface area contributed by atoms with E-state index in [1.54, 1.807) is 0 Å². The summed E-state index contributed by atoms with van der Waals surface area (Å²) in [7, 11) is 0. The molecule has 19 heavy (non-hydrogen) atoms. The molecular formula is C15H21ClN2O. The molecule has 1 amide bonds. The molecule has 104 valence electrons. The van der Waals surface area contributed by atoms with E-state index in [0.717, 1.165) is 17.1 Å². The summed E-state index contributed by atoms with van der Waals surface area (Å²) in [5.74, 6) is 0.521. The summed E-state index contributed by atoms with van der Waals surface area (Å²) < 4.78 is 0. The summed E-state index contributed by atoms with van der Waals surface area (Å²) in [4.78, 5) is 13.9. The van der Waals surface area contributed by atoms with Gasteiger partial charge in [-0.2, -0.15) is 0 Å². The van der Waals surface area contributed by atoms with E-state index in [1.807, 2.05) is 23.1 Å². The van der Waals surface area contributed by atoms with Crippen LogP contribution in [0, 0.1) is 5.92 Å². The maximum Gasteiger partial charge on any atom is 0.223 e. The lowest BCUT2D eigenvalue weighted by atomic mass is 9.84. The quantitative estimate of drug-likeness (QED) is 0.921. The number of hydrogen-bond donors (Lipinski definition) is 1. The van der Waals surface area contributed by atoms with Crippen molar-refractivity contribution in [1.29, 1.82) is 0 Å². The number of benzene rings is 1. The Morgan fingerprint density at radius 3 is 2.79 bits per heavy atom. The molecule has 0 aliphatic carbocycles. The molecule has 1 aromatic carbocycles. The molecule has 1 fully saturated rings. The first-order valence-corrected chi connectivity index (χ1v) is 7.04. The number of carbonyl (C=O) groups excluding carboxylic acids is 1. The van der Waals surface area contributed by atoms with Crippen LogP contribution in [-0.2, 0) is 10.2 Å². The standard InChI is InChI=1S/C15H21ClN2O/c1-15(2,12-4-3-5-13(16)7-12)10-18-9-11(8-17)6-14(18)19/h3-5,7,11H,6,8-10,17H2,1-2H3. The van der Waals surface area contributed by atoms with Crippen molar-refractivity contribution in [3.05, 3.63) is 34.9 Å². The molecule has 0 spiro atoms. The fraction of sp³-hybridized carbons (Fsp3) is 0.533. The fourth-order valence-electron chi connectivity index (χ4n) is 2.64. The predicted octanol–water partition coefficient (Wildman–Crippen LogP) is 2.42. The van der Waals surface area contributed by atoms with Gasteiger partial charge in [-0.25, -0.2) is 0 Å². The minimum Gasteiger partial charge on any atom is -0.341 e. The van der Waals surface area contributed by atoms with Gasteiger partial charge >= 0.3 is 0 Å². The van der Waals surface area contributed by atoms with E-state index in [2.05, 4.69) is 19.9 Å². The molecule has 1 aliphatic rings. The number of nitrogens with two attached hydrogens (primary N) is 1. The molecule has 2 N–H and O–H groups in total. The number of hydrogen-bond acceptors (Lipinski definition) is 2. The van der Waals surface area contributed by atoms with Crippen LogP contribution in [0.5, 0.6) is 0 Å². The zero-order valence-electron chi connectivity index (χ0n) is 11.5. The van der Waals surface area contributed by atoms with Crippen LogP contribution in [0.3, 0.4) is 0 Å². The monoisotopic (exact) mass is 280 g/mol. The van der Waals surface area contributed by atoms with Crippen LogP contribution in [0.2, 0.25) is 5.02 Å². The molecule has 0 saturated carbocycles. The summed E-state index contributed by atoms with van der Waals surface area (Å²) >= 11 is 6.04. The minimum atomic E-state index is -0.107. The first-order chi connectivity index (χ1) is 8.92. The van der Waals surface area contributed by atoms with Crippen molar-refractivity contribution >= 4 is 17.5 Å². The SMILES string of the molecule is CC(C)(CN1CC(CN)CC1=O)c1cccc(Cl)c1. The number of amides is 1. The second-order valence-electron chi connectivity index (χ2n) is 5.97. The minimum absolute atomic E-state index is 0.107. The Bertz CT molecular complexity index is 473. The molecule has 4 heteroatoms. The van der Waals surface area contributed by atoms with Crippen LogP contribution in [0.15, 0.2) is 24.3 Å². The highest BCUT2D eigenvalue weighted by atomic mass is 35.5. The lowest BCUT2D eigenvalue weighted by molar-refractivity contribution is -0.128. The zero-order valence-corrected chi connectivity index (χ0v) is 12.3. The van der Waals surface area contributed by atoms with Gasteiger partial charge in [0, 0.05) is 29.9 Å². The number of nitrogens with zero attached hydrogens (tertiary/aromatic N) is 1. The van der Waals surface area contributed by atoms with Crippen molar-refractivity contribution in [2.45, 2.75) is 25.7 Å². The van der Waals surface area contributed by atoms with E-state index in [0.29, 0.717) is 25.4 Å². The molecule has 1 heterocycles. The Labute approximate surface area is 119 Å². The second kappa shape index (κ2) is 5.51. The highest BCUT2D eigenvalue weighted by Gasteiger charge is 2.33. The van der Waals surface area contributed by atoms with Gasteiger partial charge in [-0.05, 0) is 30.2 Å². The number of rotatable bonds is 4. The van der Waals surface area contributed by atoms with E-state index in [-0.39, 0.29) is 11.3 Å². The van der Waals surface area contributed by atoms with Gasteiger partial charge in [0.05, 0.1) is 0 Å². The Morgan fingerprint density at radius 2 is 2.21 bits per heavy atom. The van der Waals surface area contributed by atoms with Crippen molar-refractivity contribution < 1.29 is 4.79 Å². The van der Waals surface area contributed by atoms with Crippen molar-refractivity contribution in [2.75, 3.05) is 19.6 Å². The number of halogens is 1. The number of likely N-dealkylation sites (tertiary alicyclic amines) is 1. The molecule has 1 aromatic rings. The Balaban J connectivity index is 2.11. The van der Waals surface area contributed by atoms with Crippen LogP contribution < -0.4 is 5.73 Å². The van der Waals surface area contributed by atoms with Gasteiger partial charge in [0.15, 0.2) is 0 Å². The van der Waals surface area contributed by atoms with Gasteiger partial charge in [0.25, 0.3) is 0 Å². The summed E-state index contributed by atoms with van der Waals surface area (Å²) in [5.41, 5.74) is 6.71. The topological polar surface area (TPSA) is 46.3 Å². The normalized spacial score (nSPS) is 20.1. The number of carbonyl (C=O) groups is 1. The highest BCUT2D eigenvalue weighted by molar-refractivity contribution is 6.30. The lowest BCUT2D eigenvalue weighted by Gasteiger charge is -2.31. The Morgan fingerprint density at radius 1 is 1.47 bits per heavy atom. The van der Waals surface area contributed by atoms with Gasteiger partial charge in [-0.3, -0.25) is 4.79 Å². The van der Waals surface area contributed by atoms with Gasteiger partial charge in [-0.15, -0.1) is 0 Å². The fourth-order valence-corrected chi connectivity index (χ4v) is 2.83. The average molecular weight is 281 g/mol. The van der Waals surface area contributed by atoms with E-state index >= 15 is 0 Å². The Kier molecular flexibility index (Phi) is 4.16. The van der Waals surface area contributed by atoms with Gasteiger partial charge in [-0.1, -0.05) is 37.6 Å². The van der Waals surface area contributed by atoms with E-state index in [4.69, 9.17) is 17.3 Å². The third-order valence-electron chi connectivity index (χ3n) is 3.82. The summed E-state index contributed by atoms with van der Waals surface area (Å²) in [5, 5.41) is 0.734. The van der Waals surface area contributed by atoms with Gasteiger partial charge in [0.2, 0.25) is 5.91 Å². The molecule has 3 nitrogen and oxygen atoms in total. The Hall–Kier alpha value is -1.06. The van der Waals surface area contributed by atoms with Crippen molar-refractivity contribution in [1.82, 2.24) is 4.90 Å². The predicted molar refractivity (Wildman–Crippen MR) is 78.2 cm³/mol. The molecule has 2 rings (SSSR count). The van der Waals surface area contributed by atoms with E-state index < -0.39 is 0 Å². The van der Waals surface area contributed by atoms with Crippen LogP contribution >= 0.6 is 11.6 Å². The lowest BCUT2D eigenvalue weighted by Crippen LogP contribution is -2.38. The van der Waals surface area contributed by atoms with Crippen LogP contribution in [0.25, 0.3) is 0 Å². The van der Waals surface area contributed by atoms with Crippen molar-refractivity contribution in [3.63, 3.8) is 0 Å². The molecule has 1 atom stereocenters. The summed E-state index contributed by atoms with van der Waals surface area (Å²) in [6, 6.07) is 7.86. The molecule has 0 radical (unpaired) electrons. The van der Waals surface area contributed by atoms with Crippen LogP contribution in [0.4, 0.5) is 0 Å². The second-order valence-corrected chi connectivity index (χ2v) is 6.41. The van der Waals surface area contributed by atoms with Crippen LogP contribution in [-0.4, -0.2) is 30.4 Å². The van der Waals surface area contributed by atoms with E-state index in [9.17, 15) is 4.79 Å². The summed E-state index contributed by atoms with van der Waals surface area (Å²) in [6.07, 6.45) is 0.585. The first-order valence-electron chi connectivity index (χ1n) is 6.66. The molecule has 1 unspecified atom stereocenters. The van der Waals surface area contributed by atoms with Gasteiger partial charge in [0.1, 0.15) is 0 Å². The molecule has 1 aliphatic heterocycles. The molecular weight excluding hydrogens is 260 g/mol. The molecule has 0 aromatic heterocycles. The highest BCUT2D eigenvalue weighted by Crippen LogP contribution is 2.29. The molecule has 0 bridgehead atoms.